The Morgan fingerprint density at radius 3 is 2.50 bits per heavy atom. The van der Waals surface area contributed by atoms with Gasteiger partial charge in [0.15, 0.2) is 0 Å². The van der Waals surface area contributed by atoms with Crippen LogP contribution < -0.4 is 16.4 Å². The Morgan fingerprint density at radius 1 is 1.18 bits per heavy atom. The van der Waals surface area contributed by atoms with Gasteiger partial charge in [-0.1, -0.05) is 0 Å². The molecule has 2 aliphatic rings. The molecule has 0 radical (unpaired) electrons. The van der Waals surface area contributed by atoms with Gasteiger partial charge in [0, 0.05) is 11.7 Å². The summed E-state index contributed by atoms with van der Waals surface area (Å²) >= 11 is 0. The minimum absolute atomic E-state index is 0.0843. The molecule has 2 aliphatic carbocycles. The summed E-state index contributed by atoms with van der Waals surface area (Å²) in [5, 5.41) is 5.27. The van der Waals surface area contributed by atoms with Crippen LogP contribution in [0.1, 0.15) is 19.3 Å². The van der Waals surface area contributed by atoms with E-state index in [1.807, 2.05) is 0 Å². The number of nitrogens with two attached hydrogens (primary N) is 1. The number of benzene rings is 1. The van der Waals surface area contributed by atoms with Crippen LogP contribution in [0.25, 0.3) is 0 Å². The van der Waals surface area contributed by atoms with Gasteiger partial charge in [0.25, 0.3) is 0 Å². The van der Waals surface area contributed by atoms with Crippen LogP contribution in [0.3, 0.4) is 0 Å². The number of hydrogen-bond acceptors (Lipinski definition) is 3. The molecule has 5 nitrogen and oxygen atoms in total. The lowest BCUT2D eigenvalue weighted by atomic mass is 9.84. The predicted octanol–water partition coefficient (Wildman–Crippen LogP) is 1.25. The zero-order chi connectivity index (χ0) is 15.7. The lowest BCUT2D eigenvalue weighted by molar-refractivity contribution is -0.129. The average Bonchev–Trinajstić information content (AvgIpc) is 3.08. The highest BCUT2D eigenvalue weighted by molar-refractivity contribution is 5.95. The Balaban J connectivity index is 1.48. The molecule has 0 saturated heterocycles. The molecule has 2 fully saturated rings. The van der Waals surface area contributed by atoms with Gasteiger partial charge in [-0.2, -0.15) is 0 Å². The largest absolute Gasteiger partial charge is 0.347 e. The molecule has 22 heavy (non-hydrogen) atoms. The Labute approximate surface area is 128 Å². The molecule has 0 aliphatic heterocycles. The number of nitrogens with one attached hydrogen (secondary N) is 2. The van der Waals surface area contributed by atoms with Crippen LogP contribution in [0.15, 0.2) is 24.3 Å². The fourth-order valence-corrected chi connectivity index (χ4v) is 3.75. The monoisotopic (exact) mass is 305 g/mol. The van der Waals surface area contributed by atoms with Crippen molar-refractivity contribution in [1.29, 1.82) is 0 Å². The van der Waals surface area contributed by atoms with Crippen molar-refractivity contribution in [3.63, 3.8) is 0 Å². The number of carbonyl (C=O) groups is 2. The number of amides is 2. The lowest BCUT2D eigenvalue weighted by Crippen LogP contribution is -2.46. The Bertz CT molecular complexity index is 573. The van der Waals surface area contributed by atoms with E-state index in [4.69, 9.17) is 5.73 Å². The number of hydrogen-bond donors (Lipinski definition) is 3. The first-order valence-electron chi connectivity index (χ1n) is 7.63. The molecular formula is C16H20FN3O2. The van der Waals surface area contributed by atoms with E-state index in [1.54, 1.807) is 0 Å². The SMILES string of the molecule is NC1C2CCC(C2)C1C(=O)NCC(=O)Nc1ccc(F)cc1. The lowest BCUT2D eigenvalue weighted by Gasteiger charge is -2.26. The molecule has 2 bridgehead atoms. The molecule has 2 amide bonds. The Hall–Kier alpha value is -1.95. The smallest absolute Gasteiger partial charge is 0.243 e. The average molecular weight is 305 g/mol. The number of halogens is 1. The highest BCUT2D eigenvalue weighted by atomic mass is 19.1. The van der Waals surface area contributed by atoms with Gasteiger partial charge >= 0.3 is 0 Å². The summed E-state index contributed by atoms with van der Waals surface area (Å²) in [7, 11) is 0. The highest BCUT2D eigenvalue weighted by Crippen LogP contribution is 2.47. The molecular weight excluding hydrogens is 285 g/mol. The minimum atomic E-state index is -0.364. The summed E-state index contributed by atoms with van der Waals surface area (Å²) in [5.74, 6) is -0.187. The van der Waals surface area contributed by atoms with Crippen LogP contribution in [-0.2, 0) is 9.59 Å². The van der Waals surface area contributed by atoms with Gasteiger partial charge in [-0.3, -0.25) is 9.59 Å². The molecule has 4 N–H and O–H groups in total. The second-order valence-electron chi connectivity index (χ2n) is 6.21. The first-order valence-corrected chi connectivity index (χ1v) is 7.63. The van der Waals surface area contributed by atoms with E-state index in [0.717, 1.165) is 19.3 Å². The van der Waals surface area contributed by atoms with E-state index in [-0.39, 0.29) is 36.1 Å². The third-order valence-corrected chi connectivity index (χ3v) is 4.83. The zero-order valence-electron chi connectivity index (χ0n) is 12.2. The van der Waals surface area contributed by atoms with Crippen molar-refractivity contribution in [1.82, 2.24) is 5.32 Å². The van der Waals surface area contributed by atoms with Crippen molar-refractivity contribution < 1.29 is 14.0 Å². The van der Waals surface area contributed by atoms with Crippen LogP contribution in [0, 0.1) is 23.6 Å². The summed E-state index contributed by atoms with van der Waals surface area (Å²) in [4.78, 5) is 24.0. The fraction of sp³-hybridized carbons (Fsp3) is 0.500. The van der Waals surface area contributed by atoms with E-state index in [0.29, 0.717) is 17.5 Å². The Morgan fingerprint density at radius 2 is 1.86 bits per heavy atom. The first-order chi connectivity index (χ1) is 10.5. The summed E-state index contributed by atoms with van der Waals surface area (Å²) < 4.78 is 12.8. The van der Waals surface area contributed by atoms with E-state index in [1.165, 1.54) is 24.3 Å². The molecule has 0 heterocycles. The maximum atomic E-state index is 12.8. The van der Waals surface area contributed by atoms with Crippen LogP contribution in [0.5, 0.6) is 0 Å². The van der Waals surface area contributed by atoms with Crippen LogP contribution in [0.4, 0.5) is 10.1 Å². The van der Waals surface area contributed by atoms with Crippen molar-refractivity contribution in [2.24, 2.45) is 23.5 Å². The van der Waals surface area contributed by atoms with Crippen molar-refractivity contribution in [2.75, 3.05) is 11.9 Å². The highest BCUT2D eigenvalue weighted by Gasteiger charge is 2.48. The second kappa shape index (κ2) is 6.04. The van der Waals surface area contributed by atoms with Crippen LogP contribution in [0.2, 0.25) is 0 Å². The van der Waals surface area contributed by atoms with Crippen LogP contribution >= 0.6 is 0 Å². The summed E-state index contributed by atoms with van der Waals surface area (Å²) in [6.45, 7) is -0.100. The molecule has 0 aromatic heterocycles. The summed E-state index contributed by atoms with van der Waals surface area (Å²) in [6.07, 6.45) is 3.19. The number of rotatable bonds is 4. The van der Waals surface area contributed by atoms with Gasteiger partial charge < -0.3 is 16.4 Å². The van der Waals surface area contributed by atoms with Gasteiger partial charge in [-0.05, 0) is 55.4 Å². The predicted molar refractivity (Wildman–Crippen MR) is 80.3 cm³/mol. The maximum absolute atomic E-state index is 12.8. The maximum Gasteiger partial charge on any atom is 0.243 e. The molecule has 118 valence electrons. The van der Waals surface area contributed by atoms with Crippen molar-refractivity contribution in [2.45, 2.75) is 25.3 Å². The van der Waals surface area contributed by atoms with Crippen molar-refractivity contribution in [3.8, 4) is 0 Å². The molecule has 1 aromatic rings. The Kier molecular flexibility index (Phi) is 4.11. The van der Waals surface area contributed by atoms with E-state index in [9.17, 15) is 14.0 Å². The van der Waals surface area contributed by atoms with E-state index >= 15 is 0 Å². The van der Waals surface area contributed by atoms with Gasteiger partial charge in [0.05, 0.1) is 12.5 Å². The van der Waals surface area contributed by atoms with Gasteiger partial charge in [-0.25, -0.2) is 4.39 Å². The molecule has 2 saturated carbocycles. The quantitative estimate of drug-likeness (QED) is 0.783. The zero-order valence-corrected chi connectivity index (χ0v) is 12.2. The number of carbonyl (C=O) groups excluding carboxylic acids is 2. The number of anilines is 1. The molecule has 3 rings (SSSR count). The van der Waals surface area contributed by atoms with E-state index in [2.05, 4.69) is 10.6 Å². The molecule has 0 spiro atoms. The van der Waals surface area contributed by atoms with Gasteiger partial charge in [0.2, 0.25) is 11.8 Å². The van der Waals surface area contributed by atoms with Crippen molar-refractivity contribution >= 4 is 17.5 Å². The topological polar surface area (TPSA) is 84.2 Å². The fourth-order valence-electron chi connectivity index (χ4n) is 3.75. The molecule has 1 aromatic carbocycles. The number of fused-ring (bicyclic) bond motifs is 2. The summed E-state index contributed by atoms with van der Waals surface area (Å²) in [5.41, 5.74) is 6.61. The van der Waals surface area contributed by atoms with Gasteiger partial charge in [0.1, 0.15) is 5.82 Å². The van der Waals surface area contributed by atoms with E-state index < -0.39 is 0 Å². The van der Waals surface area contributed by atoms with Gasteiger partial charge in [-0.15, -0.1) is 0 Å². The summed E-state index contributed by atoms with van der Waals surface area (Å²) in [6, 6.07) is 5.39. The second-order valence-corrected chi connectivity index (χ2v) is 6.21. The molecule has 4 unspecified atom stereocenters. The normalized spacial score (nSPS) is 29.4. The van der Waals surface area contributed by atoms with Crippen LogP contribution in [-0.4, -0.2) is 24.4 Å². The standard InChI is InChI=1S/C16H20FN3O2/c17-11-3-5-12(6-4-11)20-13(21)8-19-16(22)14-9-1-2-10(7-9)15(14)18/h3-6,9-10,14-15H,1-2,7-8,18H2,(H,19,22)(H,20,21). The molecule has 6 heteroatoms. The molecule has 4 atom stereocenters. The minimum Gasteiger partial charge on any atom is -0.347 e. The third-order valence-electron chi connectivity index (χ3n) is 4.83. The van der Waals surface area contributed by atoms with Crippen molar-refractivity contribution in [3.05, 3.63) is 30.1 Å². The first kappa shape index (κ1) is 15.0. The third kappa shape index (κ3) is 2.97.